The fraction of sp³-hybridized carbons (Fsp3) is 0.622. The normalized spacial score (nSPS) is 20.7. The number of fused-ring (bicyclic) bond motifs is 1. The van der Waals surface area contributed by atoms with Crippen LogP contribution in [0.15, 0.2) is 48.5 Å². The van der Waals surface area contributed by atoms with Crippen molar-refractivity contribution in [1.29, 1.82) is 0 Å². The average molecular weight is 669 g/mol. The molecule has 0 spiro atoms. The van der Waals surface area contributed by atoms with Gasteiger partial charge in [0.05, 0.1) is 11.6 Å². The lowest BCUT2D eigenvalue weighted by Crippen LogP contribution is -2.53. The van der Waals surface area contributed by atoms with Gasteiger partial charge in [-0.05, 0) is 74.9 Å². The minimum Gasteiger partial charge on any atom is -0.543 e. The maximum absolute atomic E-state index is 13.5. The zero-order valence-corrected chi connectivity index (χ0v) is 31.0. The monoisotopic (exact) mass is 668 g/mol. The van der Waals surface area contributed by atoms with Crippen LogP contribution in [0.2, 0.25) is 16.6 Å². The molecule has 2 heterocycles. The molecule has 260 valence electrons. The van der Waals surface area contributed by atoms with Crippen molar-refractivity contribution in [3.05, 3.63) is 59.7 Å². The van der Waals surface area contributed by atoms with E-state index in [2.05, 4.69) is 51.8 Å². The molecule has 4 rings (SSSR count). The van der Waals surface area contributed by atoms with Crippen LogP contribution in [-0.2, 0) is 19.9 Å². The number of aliphatic hydroxyl groups is 1. The Labute approximate surface area is 282 Å². The molecule has 0 aromatic heterocycles. The van der Waals surface area contributed by atoms with Gasteiger partial charge in [-0.1, -0.05) is 71.9 Å². The van der Waals surface area contributed by atoms with Crippen molar-refractivity contribution in [2.45, 2.75) is 128 Å². The van der Waals surface area contributed by atoms with Crippen molar-refractivity contribution >= 4 is 20.4 Å². The van der Waals surface area contributed by atoms with Gasteiger partial charge in [0.25, 0.3) is 8.32 Å². The van der Waals surface area contributed by atoms with Crippen molar-refractivity contribution in [3.63, 3.8) is 0 Å². The van der Waals surface area contributed by atoms with Crippen LogP contribution >= 0.6 is 0 Å². The van der Waals surface area contributed by atoms with Crippen LogP contribution in [0.5, 0.6) is 11.5 Å². The third-order valence-electron chi connectivity index (χ3n) is 9.79. The summed E-state index contributed by atoms with van der Waals surface area (Å²) >= 11 is 0. The zero-order valence-electron chi connectivity index (χ0n) is 30.0. The molecule has 2 aliphatic heterocycles. The van der Waals surface area contributed by atoms with Crippen molar-refractivity contribution < 1.29 is 33.3 Å². The largest absolute Gasteiger partial charge is 0.543 e. The van der Waals surface area contributed by atoms with Crippen LogP contribution in [0, 0.1) is 0 Å². The topological polar surface area (TPSA) is 107 Å². The zero-order chi connectivity index (χ0) is 34.7. The lowest BCUT2D eigenvalue weighted by molar-refractivity contribution is -0.159. The minimum absolute atomic E-state index is 0.289. The number of benzene rings is 2. The number of esters is 1. The molecule has 2 aliphatic rings. The molecule has 3 atom stereocenters. The molecule has 47 heavy (non-hydrogen) atoms. The molecule has 9 nitrogen and oxygen atoms in total. The summed E-state index contributed by atoms with van der Waals surface area (Å²) in [6.07, 6.45) is -0.265. The number of hydrogen-bond donors (Lipinski definition) is 2. The van der Waals surface area contributed by atoms with E-state index >= 15 is 0 Å². The van der Waals surface area contributed by atoms with Crippen molar-refractivity contribution in [2.24, 2.45) is 0 Å². The summed E-state index contributed by atoms with van der Waals surface area (Å²) in [6, 6.07) is 14.4. The fourth-order valence-electron chi connectivity index (χ4n) is 7.44. The minimum atomic E-state index is -2.21. The SMILES string of the molecule is CC(C)[Si](Oc1ccc2c(c1)OC[C@H](N1CCC(O)(c3ccccc3)CC1)[C@@H]2OC(=O)[C@@H](C)NC(=O)OC(C)(C)C)(C(C)C)C(C)C. The molecule has 0 radical (unpaired) electrons. The average Bonchev–Trinajstić information content (AvgIpc) is 2.99. The van der Waals surface area contributed by atoms with Gasteiger partial charge in [-0.3, -0.25) is 4.90 Å². The van der Waals surface area contributed by atoms with E-state index in [0.717, 1.165) is 16.9 Å². The van der Waals surface area contributed by atoms with Crippen molar-refractivity contribution in [1.82, 2.24) is 10.2 Å². The summed E-state index contributed by atoms with van der Waals surface area (Å²) in [4.78, 5) is 28.2. The first kappa shape index (κ1) is 36.7. The van der Waals surface area contributed by atoms with Crippen LogP contribution in [0.4, 0.5) is 4.79 Å². The fourth-order valence-corrected chi connectivity index (χ4v) is 12.7. The molecule has 0 saturated carbocycles. The summed E-state index contributed by atoms with van der Waals surface area (Å²) in [5, 5.41) is 14.1. The molecule has 2 aromatic rings. The van der Waals surface area contributed by atoms with E-state index < -0.39 is 43.7 Å². The lowest BCUT2D eigenvalue weighted by atomic mass is 9.83. The van der Waals surface area contributed by atoms with Gasteiger partial charge in [0.2, 0.25) is 0 Å². The number of carbonyl (C=O) groups excluding carboxylic acids is 2. The molecule has 0 unspecified atom stereocenters. The molecule has 1 fully saturated rings. The summed E-state index contributed by atoms with van der Waals surface area (Å²) in [5.74, 6) is 0.824. The lowest BCUT2D eigenvalue weighted by Gasteiger charge is -2.45. The first-order valence-corrected chi connectivity index (χ1v) is 19.3. The summed E-state index contributed by atoms with van der Waals surface area (Å²) < 4.78 is 25.0. The van der Waals surface area contributed by atoms with Crippen LogP contribution in [-0.4, -0.2) is 67.8 Å². The van der Waals surface area contributed by atoms with Gasteiger partial charge < -0.3 is 29.1 Å². The molecule has 1 saturated heterocycles. The van der Waals surface area contributed by atoms with Crippen LogP contribution < -0.4 is 14.5 Å². The quantitative estimate of drug-likeness (QED) is 0.198. The van der Waals surface area contributed by atoms with Crippen molar-refractivity contribution in [3.8, 4) is 11.5 Å². The molecule has 2 aromatic carbocycles. The van der Waals surface area contributed by atoms with Gasteiger partial charge in [-0.25, -0.2) is 9.59 Å². The van der Waals surface area contributed by atoms with Gasteiger partial charge in [-0.15, -0.1) is 0 Å². The molecular weight excluding hydrogens is 613 g/mol. The van der Waals surface area contributed by atoms with Crippen LogP contribution in [0.25, 0.3) is 0 Å². The maximum Gasteiger partial charge on any atom is 0.408 e. The first-order valence-electron chi connectivity index (χ1n) is 17.1. The molecule has 0 aliphatic carbocycles. The first-order chi connectivity index (χ1) is 22.0. The summed E-state index contributed by atoms with van der Waals surface area (Å²) in [7, 11) is -2.21. The van der Waals surface area contributed by atoms with E-state index in [0.29, 0.717) is 54.9 Å². The van der Waals surface area contributed by atoms with E-state index in [1.54, 1.807) is 27.7 Å². The highest BCUT2D eigenvalue weighted by Gasteiger charge is 2.48. The third-order valence-corrected chi connectivity index (χ3v) is 15.8. The van der Waals surface area contributed by atoms with E-state index in [1.807, 2.05) is 48.5 Å². The second kappa shape index (κ2) is 14.6. The predicted octanol–water partition coefficient (Wildman–Crippen LogP) is 7.48. The van der Waals surface area contributed by atoms with Gasteiger partial charge in [0.15, 0.2) is 0 Å². The van der Waals surface area contributed by atoms with E-state index in [-0.39, 0.29) is 6.04 Å². The van der Waals surface area contributed by atoms with E-state index in [4.69, 9.17) is 18.6 Å². The number of ether oxygens (including phenoxy) is 3. The van der Waals surface area contributed by atoms with Crippen molar-refractivity contribution in [2.75, 3.05) is 19.7 Å². The Morgan fingerprint density at radius 3 is 2.11 bits per heavy atom. The Kier molecular flexibility index (Phi) is 11.4. The smallest absolute Gasteiger partial charge is 0.408 e. The summed E-state index contributed by atoms with van der Waals surface area (Å²) in [5.41, 5.74) is 1.26. The molecule has 0 bridgehead atoms. The Hall–Kier alpha value is -3.08. The highest BCUT2D eigenvalue weighted by atomic mass is 28.4. The Morgan fingerprint density at radius 2 is 1.55 bits per heavy atom. The number of carbonyl (C=O) groups is 2. The number of hydrogen-bond acceptors (Lipinski definition) is 8. The number of nitrogens with zero attached hydrogens (tertiary/aromatic N) is 1. The Bertz CT molecular complexity index is 1340. The number of alkyl carbamates (subject to hydrolysis) is 1. The molecule has 2 N–H and O–H groups in total. The number of rotatable bonds is 10. The number of amides is 1. The predicted molar refractivity (Wildman–Crippen MR) is 186 cm³/mol. The third kappa shape index (κ3) is 8.32. The Morgan fingerprint density at radius 1 is 0.957 bits per heavy atom. The van der Waals surface area contributed by atoms with E-state index in [1.165, 1.54) is 0 Å². The van der Waals surface area contributed by atoms with Gasteiger partial charge >= 0.3 is 12.1 Å². The number of likely N-dealkylation sites (tertiary alicyclic amines) is 1. The maximum atomic E-state index is 13.5. The molecule has 1 amide bonds. The van der Waals surface area contributed by atoms with Gasteiger partial charge in [0.1, 0.15) is 35.9 Å². The molecular formula is C37H56N2O7Si. The highest BCUT2D eigenvalue weighted by Crippen LogP contribution is 2.46. The van der Waals surface area contributed by atoms with E-state index in [9.17, 15) is 14.7 Å². The summed E-state index contributed by atoms with van der Waals surface area (Å²) in [6.45, 7) is 21.9. The highest BCUT2D eigenvalue weighted by molar-refractivity contribution is 6.78. The van der Waals surface area contributed by atoms with Gasteiger partial charge in [0, 0.05) is 24.7 Å². The van der Waals surface area contributed by atoms with Crippen LogP contribution in [0.1, 0.15) is 99.3 Å². The standard InChI is InChI=1S/C37H56N2O7Si/c1-24(2)47(25(3)4,26(5)6)46-29-16-17-30-32(22-29)43-23-31(33(30)44-34(40)27(7)38-35(41)45-36(8,9)10)39-20-18-37(42,19-21-39)28-14-12-11-13-15-28/h11-17,22,24-27,31,33,42H,18-21,23H2,1-10H3,(H,38,41)/t27-,31+,33-/m1/s1. The second-order valence-electron chi connectivity index (χ2n) is 15.2. The molecule has 10 heteroatoms. The second-order valence-corrected chi connectivity index (χ2v) is 20.5. The number of nitrogens with one attached hydrogen (secondary N) is 1. The van der Waals surface area contributed by atoms with Gasteiger partial charge in [-0.2, -0.15) is 0 Å². The van der Waals surface area contributed by atoms with Crippen LogP contribution in [0.3, 0.4) is 0 Å². The Balaban J connectivity index is 1.61. The number of piperidine rings is 1.